The fourth-order valence-electron chi connectivity index (χ4n) is 2.80. The van der Waals surface area contributed by atoms with Gasteiger partial charge >= 0.3 is 0 Å². The van der Waals surface area contributed by atoms with Crippen LogP contribution in [0.4, 0.5) is 14.5 Å². The SMILES string of the molecule is Fc1ccc(CNc2cccc3c2CCCC3)c(F)c1. The Kier molecular flexibility index (Phi) is 3.68. The maximum atomic E-state index is 13.6. The number of fused-ring (bicyclic) bond motifs is 1. The molecule has 3 rings (SSSR count). The molecule has 0 saturated carbocycles. The Morgan fingerprint density at radius 2 is 1.85 bits per heavy atom. The molecule has 20 heavy (non-hydrogen) atoms. The highest BCUT2D eigenvalue weighted by Gasteiger charge is 2.13. The number of halogens is 2. The largest absolute Gasteiger partial charge is 0.381 e. The number of anilines is 1. The minimum Gasteiger partial charge on any atom is -0.381 e. The first kappa shape index (κ1) is 13.1. The Bertz CT molecular complexity index is 622. The lowest BCUT2D eigenvalue weighted by molar-refractivity contribution is 0.574. The van der Waals surface area contributed by atoms with Crippen LogP contribution in [0.2, 0.25) is 0 Å². The molecule has 0 atom stereocenters. The molecule has 1 N–H and O–H groups in total. The highest BCUT2D eigenvalue weighted by atomic mass is 19.1. The first-order valence-corrected chi connectivity index (χ1v) is 7.02. The van der Waals surface area contributed by atoms with Crippen LogP contribution in [0.15, 0.2) is 36.4 Å². The van der Waals surface area contributed by atoms with E-state index in [2.05, 4.69) is 11.4 Å². The average Bonchev–Trinajstić information content (AvgIpc) is 2.46. The average molecular weight is 273 g/mol. The highest BCUT2D eigenvalue weighted by Crippen LogP contribution is 2.28. The van der Waals surface area contributed by atoms with Crippen molar-refractivity contribution in [1.82, 2.24) is 0 Å². The van der Waals surface area contributed by atoms with Crippen LogP contribution in [-0.4, -0.2) is 0 Å². The number of hydrogen-bond acceptors (Lipinski definition) is 1. The van der Waals surface area contributed by atoms with E-state index in [4.69, 9.17) is 0 Å². The van der Waals surface area contributed by atoms with Gasteiger partial charge in [-0.25, -0.2) is 8.78 Å². The molecule has 0 fully saturated rings. The molecule has 3 heteroatoms. The van der Waals surface area contributed by atoms with Crippen molar-refractivity contribution in [2.45, 2.75) is 32.2 Å². The summed E-state index contributed by atoms with van der Waals surface area (Å²) in [5, 5.41) is 3.29. The van der Waals surface area contributed by atoms with Gasteiger partial charge in [-0.2, -0.15) is 0 Å². The molecule has 104 valence electrons. The molecule has 0 heterocycles. The minimum absolute atomic E-state index is 0.378. The van der Waals surface area contributed by atoms with Crippen molar-refractivity contribution in [3.63, 3.8) is 0 Å². The van der Waals surface area contributed by atoms with Crippen LogP contribution >= 0.6 is 0 Å². The van der Waals surface area contributed by atoms with Gasteiger partial charge in [-0.3, -0.25) is 0 Å². The molecule has 2 aromatic rings. The van der Waals surface area contributed by atoms with Crippen molar-refractivity contribution in [1.29, 1.82) is 0 Å². The molecule has 0 bridgehead atoms. The molecule has 1 nitrogen and oxygen atoms in total. The van der Waals surface area contributed by atoms with Crippen LogP contribution in [-0.2, 0) is 19.4 Å². The van der Waals surface area contributed by atoms with Crippen molar-refractivity contribution in [2.24, 2.45) is 0 Å². The fraction of sp³-hybridized carbons (Fsp3) is 0.294. The van der Waals surface area contributed by atoms with E-state index in [1.54, 1.807) is 0 Å². The van der Waals surface area contributed by atoms with Gasteiger partial charge in [0.1, 0.15) is 11.6 Å². The maximum Gasteiger partial charge on any atom is 0.131 e. The second kappa shape index (κ2) is 5.61. The van der Waals surface area contributed by atoms with Crippen LogP contribution in [0.3, 0.4) is 0 Å². The van der Waals surface area contributed by atoms with Gasteiger partial charge in [0, 0.05) is 23.9 Å². The topological polar surface area (TPSA) is 12.0 Å². The highest BCUT2D eigenvalue weighted by molar-refractivity contribution is 5.55. The molecule has 0 aliphatic heterocycles. The van der Waals surface area contributed by atoms with Gasteiger partial charge in [0.2, 0.25) is 0 Å². The number of aryl methyl sites for hydroxylation is 1. The summed E-state index contributed by atoms with van der Waals surface area (Å²) in [6, 6.07) is 9.95. The van der Waals surface area contributed by atoms with E-state index in [1.165, 1.54) is 36.1 Å². The number of nitrogens with one attached hydrogen (secondary N) is 1. The van der Waals surface area contributed by atoms with E-state index in [1.807, 2.05) is 12.1 Å². The summed E-state index contributed by atoms with van der Waals surface area (Å²) in [7, 11) is 0. The third-order valence-electron chi connectivity index (χ3n) is 3.88. The molecule has 0 amide bonds. The standard InChI is InChI=1S/C17H17F2N/c18-14-9-8-13(16(19)10-14)11-20-17-7-3-5-12-4-1-2-6-15(12)17/h3,5,7-10,20H,1-2,4,6,11H2. The second-order valence-corrected chi connectivity index (χ2v) is 5.24. The van der Waals surface area contributed by atoms with Crippen molar-refractivity contribution >= 4 is 5.69 Å². The fourth-order valence-corrected chi connectivity index (χ4v) is 2.80. The van der Waals surface area contributed by atoms with E-state index in [0.29, 0.717) is 12.1 Å². The number of benzene rings is 2. The van der Waals surface area contributed by atoms with Gasteiger partial charge in [-0.05, 0) is 48.9 Å². The Balaban J connectivity index is 1.78. The van der Waals surface area contributed by atoms with Gasteiger partial charge < -0.3 is 5.32 Å². The van der Waals surface area contributed by atoms with Crippen LogP contribution < -0.4 is 5.32 Å². The predicted molar refractivity (Wildman–Crippen MR) is 76.8 cm³/mol. The van der Waals surface area contributed by atoms with Crippen LogP contribution in [0.5, 0.6) is 0 Å². The van der Waals surface area contributed by atoms with Gasteiger partial charge in [-0.15, -0.1) is 0 Å². The third kappa shape index (κ3) is 2.67. The smallest absolute Gasteiger partial charge is 0.131 e. The lowest BCUT2D eigenvalue weighted by Crippen LogP contribution is -2.09. The van der Waals surface area contributed by atoms with Gasteiger partial charge in [0.15, 0.2) is 0 Å². The quantitative estimate of drug-likeness (QED) is 0.870. The normalized spacial score (nSPS) is 13.9. The first-order chi connectivity index (χ1) is 9.74. The van der Waals surface area contributed by atoms with E-state index < -0.39 is 11.6 Å². The van der Waals surface area contributed by atoms with Gasteiger partial charge in [0.05, 0.1) is 0 Å². The van der Waals surface area contributed by atoms with Crippen molar-refractivity contribution < 1.29 is 8.78 Å². The predicted octanol–water partition coefficient (Wildman–Crippen LogP) is 4.46. The zero-order valence-corrected chi connectivity index (χ0v) is 11.3. The third-order valence-corrected chi connectivity index (χ3v) is 3.88. The van der Waals surface area contributed by atoms with Crippen LogP contribution in [0.1, 0.15) is 29.5 Å². The molecule has 0 spiro atoms. The number of hydrogen-bond donors (Lipinski definition) is 1. The van der Waals surface area contributed by atoms with E-state index in [0.717, 1.165) is 24.6 Å². The van der Waals surface area contributed by atoms with Crippen LogP contribution in [0, 0.1) is 11.6 Å². The molecular weight excluding hydrogens is 256 g/mol. The zero-order valence-electron chi connectivity index (χ0n) is 11.3. The maximum absolute atomic E-state index is 13.6. The minimum atomic E-state index is -0.539. The molecule has 2 aromatic carbocycles. The van der Waals surface area contributed by atoms with E-state index in [9.17, 15) is 8.78 Å². The summed E-state index contributed by atoms with van der Waals surface area (Å²) in [5.74, 6) is -1.04. The Morgan fingerprint density at radius 1 is 1.00 bits per heavy atom. The van der Waals surface area contributed by atoms with Gasteiger partial charge in [0.25, 0.3) is 0 Å². The van der Waals surface area contributed by atoms with Crippen LogP contribution in [0.25, 0.3) is 0 Å². The summed E-state index contributed by atoms with van der Waals surface area (Å²) in [6.07, 6.45) is 4.64. The molecule has 1 aliphatic rings. The van der Waals surface area contributed by atoms with E-state index >= 15 is 0 Å². The summed E-state index contributed by atoms with van der Waals surface area (Å²) < 4.78 is 26.5. The van der Waals surface area contributed by atoms with Gasteiger partial charge in [-0.1, -0.05) is 18.2 Å². The Morgan fingerprint density at radius 3 is 2.70 bits per heavy atom. The molecule has 0 saturated heterocycles. The second-order valence-electron chi connectivity index (χ2n) is 5.24. The molecule has 0 unspecified atom stereocenters. The summed E-state index contributed by atoms with van der Waals surface area (Å²) in [6.45, 7) is 0.378. The molecular formula is C17H17F2N. The lowest BCUT2D eigenvalue weighted by Gasteiger charge is -2.20. The monoisotopic (exact) mass is 273 g/mol. The van der Waals surface area contributed by atoms with Crippen molar-refractivity contribution in [2.75, 3.05) is 5.32 Å². The summed E-state index contributed by atoms with van der Waals surface area (Å²) in [4.78, 5) is 0. The summed E-state index contributed by atoms with van der Waals surface area (Å²) >= 11 is 0. The molecule has 0 aromatic heterocycles. The molecule has 0 radical (unpaired) electrons. The zero-order chi connectivity index (χ0) is 13.9. The van der Waals surface area contributed by atoms with E-state index in [-0.39, 0.29) is 0 Å². The summed E-state index contributed by atoms with van der Waals surface area (Å²) in [5.41, 5.74) is 4.30. The van der Waals surface area contributed by atoms with Crippen molar-refractivity contribution in [3.8, 4) is 0 Å². The Labute approximate surface area is 117 Å². The molecule has 1 aliphatic carbocycles. The Hall–Kier alpha value is -1.90. The van der Waals surface area contributed by atoms with Crippen molar-refractivity contribution in [3.05, 3.63) is 64.7 Å². The number of rotatable bonds is 3. The first-order valence-electron chi connectivity index (χ1n) is 7.02. The lowest BCUT2D eigenvalue weighted by atomic mass is 9.90.